The van der Waals surface area contributed by atoms with E-state index in [4.69, 9.17) is 15.1 Å². The summed E-state index contributed by atoms with van der Waals surface area (Å²) < 4.78 is 5.98. The molecule has 2 aromatic rings. The van der Waals surface area contributed by atoms with Crippen molar-refractivity contribution in [2.24, 2.45) is 0 Å². The first-order valence-corrected chi connectivity index (χ1v) is 10.3. The van der Waals surface area contributed by atoms with Gasteiger partial charge < -0.3 is 19.6 Å². The number of likely N-dealkylation sites (tertiary alicyclic amines) is 1. The number of benzene rings is 2. The summed E-state index contributed by atoms with van der Waals surface area (Å²) in [6.07, 6.45) is 2.88. The monoisotopic (exact) mass is 443 g/mol. The molecular formula is C24H30ClN3O3. The Labute approximate surface area is 190 Å². The normalized spacial score (nSPS) is 15.5. The Morgan fingerprint density at radius 1 is 1.16 bits per heavy atom. The topological polar surface area (TPSA) is 76.8 Å². The van der Waals surface area contributed by atoms with Crippen LogP contribution < -0.4 is 4.90 Å². The predicted octanol–water partition coefficient (Wildman–Crippen LogP) is 3.84. The molecule has 0 saturated carbocycles. The number of rotatable bonds is 8. The van der Waals surface area contributed by atoms with Gasteiger partial charge in [0, 0.05) is 46.0 Å². The van der Waals surface area contributed by atoms with Gasteiger partial charge in [-0.2, -0.15) is 5.26 Å². The van der Waals surface area contributed by atoms with Crippen LogP contribution in [0.1, 0.15) is 34.3 Å². The summed E-state index contributed by atoms with van der Waals surface area (Å²) in [5.74, 6) is -0.911. The number of hydrogen-bond donors (Lipinski definition) is 1. The van der Waals surface area contributed by atoms with Crippen LogP contribution >= 0.6 is 12.4 Å². The van der Waals surface area contributed by atoms with Crippen molar-refractivity contribution in [2.45, 2.75) is 24.9 Å². The molecule has 0 aliphatic carbocycles. The summed E-state index contributed by atoms with van der Waals surface area (Å²) in [5, 5.41) is 18.0. The minimum atomic E-state index is -0.911. The number of likely N-dealkylation sites (N-methyl/N-ethyl adjacent to an activating group) is 1. The lowest BCUT2D eigenvalue weighted by Crippen LogP contribution is -2.51. The van der Waals surface area contributed by atoms with Crippen LogP contribution in [-0.4, -0.2) is 61.9 Å². The summed E-state index contributed by atoms with van der Waals surface area (Å²) >= 11 is 0. The third kappa shape index (κ3) is 6.44. The lowest BCUT2D eigenvalue weighted by molar-refractivity contribution is -0.0500. The van der Waals surface area contributed by atoms with Gasteiger partial charge in [0.15, 0.2) is 0 Å². The highest BCUT2D eigenvalue weighted by atomic mass is 35.5. The molecule has 6 nitrogen and oxygen atoms in total. The first-order chi connectivity index (χ1) is 14.4. The first-order valence-electron chi connectivity index (χ1n) is 10.3. The number of methoxy groups -OCH3 is 1. The number of anilines is 1. The van der Waals surface area contributed by atoms with E-state index in [0.29, 0.717) is 11.1 Å². The SMILES string of the molecule is COC1(CN(C)c2ccc(C(=O)O)cc2)CCN(CCc2ccc(C#N)cc2)CC1.Cl. The smallest absolute Gasteiger partial charge is 0.335 e. The van der Waals surface area contributed by atoms with Crippen LogP contribution in [-0.2, 0) is 11.2 Å². The maximum absolute atomic E-state index is 11.0. The first kappa shape index (κ1) is 24.7. The summed E-state index contributed by atoms with van der Waals surface area (Å²) in [4.78, 5) is 15.7. The van der Waals surface area contributed by atoms with E-state index in [2.05, 4.69) is 15.9 Å². The molecule has 1 saturated heterocycles. The molecular weight excluding hydrogens is 414 g/mol. The zero-order valence-corrected chi connectivity index (χ0v) is 18.9. The van der Waals surface area contributed by atoms with Gasteiger partial charge in [-0.25, -0.2) is 4.79 Å². The second kappa shape index (κ2) is 11.1. The van der Waals surface area contributed by atoms with Gasteiger partial charge >= 0.3 is 5.97 Å². The highest BCUT2D eigenvalue weighted by Crippen LogP contribution is 2.28. The number of aromatic carboxylic acids is 1. The highest BCUT2D eigenvalue weighted by molar-refractivity contribution is 5.88. The Hall–Kier alpha value is -2.59. The number of nitriles is 1. The van der Waals surface area contributed by atoms with Crippen molar-refractivity contribution in [1.29, 1.82) is 5.26 Å². The predicted molar refractivity (Wildman–Crippen MR) is 124 cm³/mol. The Morgan fingerprint density at radius 2 is 1.77 bits per heavy atom. The number of carboxylic acids is 1. The van der Waals surface area contributed by atoms with Gasteiger partial charge in [-0.05, 0) is 61.2 Å². The van der Waals surface area contributed by atoms with E-state index in [1.807, 2.05) is 43.4 Å². The number of nitrogens with zero attached hydrogens (tertiary/aromatic N) is 3. The van der Waals surface area contributed by atoms with Crippen molar-refractivity contribution >= 4 is 24.1 Å². The van der Waals surface area contributed by atoms with E-state index in [9.17, 15) is 4.79 Å². The molecule has 1 aliphatic heterocycles. The van der Waals surface area contributed by atoms with Gasteiger partial charge in [0.05, 0.1) is 22.8 Å². The van der Waals surface area contributed by atoms with Gasteiger partial charge in [-0.15, -0.1) is 12.4 Å². The fourth-order valence-corrected chi connectivity index (χ4v) is 4.03. The van der Waals surface area contributed by atoms with Crippen molar-refractivity contribution in [2.75, 3.05) is 45.2 Å². The lowest BCUT2D eigenvalue weighted by atomic mass is 9.90. The number of halogens is 1. The molecule has 0 bridgehead atoms. The number of carbonyl (C=O) groups is 1. The highest BCUT2D eigenvalue weighted by Gasteiger charge is 2.35. The van der Waals surface area contributed by atoms with Crippen LogP contribution in [0.25, 0.3) is 0 Å². The zero-order chi connectivity index (χ0) is 21.6. The Kier molecular flexibility index (Phi) is 8.88. The minimum Gasteiger partial charge on any atom is -0.478 e. The van der Waals surface area contributed by atoms with E-state index >= 15 is 0 Å². The van der Waals surface area contributed by atoms with E-state index in [1.54, 1.807) is 19.2 Å². The average molecular weight is 444 g/mol. The minimum absolute atomic E-state index is 0. The molecule has 1 N–H and O–H groups in total. The average Bonchev–Trinajstić information content (AvgIpc) is 2.79. The quantitative estimate of drug-likeness (QED) is 0.668. The molecule has 3 rings (SSSR count). The van der Waals surface area contributed by atoms with Crippen molar-refractivity contribution in [3.8, 4) is 6.07 Å². The number of carboxylic acid groups (broad SMARTS) is 1. The van der Waals surface area contributed by atoms with Crippen LogP contribution in [0.4, 0.5) is 5.69 Å². The molecule has 0 radical (unpaired) electrons. The van der Waals surface area contributed by atoms with Gasteiger partial charge in [0.25, 0.3) is 0 Å². The molecule has 1 heterocycles. The molecule has 31 heavy (non-hydrogen) atoms. The van der Waals surface area contributed by atoms with Crippen LogP contribution in [0, 0.1) is 11.3 Å². The molecule has 0 amide bonds. The molecule has 1 fully saturated rings. The molecule has 1 aliphatic rings. The van der Waals surface area contributed by atoms with E-state index in [1.165, 1.54) is 5.56 Å². The Morgan fingerprint density at radius 3 is 2.29 bits per heavy atom. The third-order valence-electron chi connectivity index (χ3n) is 6.08. The molecule has 0 unspecified atom stereocenters. The van der Waals surface area contributed by atoms with Crippen molar-refractivity contribution in [3.63, 3.8) is 0 Å². The fourth-order valence-electron chi connectivity index (χ4n) is 4.03. The second-order valence-corrected chi connectivity index (χ2v) is 8.00. The van der Waals surface area contributed by atoms with Crippen LogP contribution in [0.3, 0.4) is 0 Å². The number of ether oxygens (including phenoxy) is 1. The van der Waals surface area contributed by atoms with E-state index in [-0.39, 0.29) is 18.0 Å². The van der Waals surface area contributed by atoms with Gasteiger partial charge in [0.2, 0.25) is 0 Å². The maximum Gasteiger partial charge on any atom is 0.335 e. The standard InChI is InChI=1S/C24H29N3O3.ClH/c1-26(22-9-7-21(8-10-22)23(28)29)18-24(30-2)12-15-27(16-13-24)14-11-19-3-5-20(17-25)6-4-19;/h3-10H,11-16,18H2,1-2H3,(H,28,29);1H. The third-order valence-corrected chi connectivity index (χ3v) is 6.08. The van der Waals surface area contributed by atoms with Gasteiger partial charge in [0.1, 0.15) is 0 Å². The maximum atomic E-state index is 11.0. The molecule has 7 heteroatoms. The number of piperidine rings is 1. The lowest BCUT2D eigenvalue weighted by Gasteiger charge is -2.43. The van der Waals surface area contributed by atoms with Gasteiger partial charge in [-0.1, -0.05) is 12.1 Å². The zero-order valence-electron chi connectivity index (χ0n) is 18.1. The van der Waals surface area contributed by atoms with Crippen LogP contribution in [0.5, 0.6) is 0 Å². The molecule has 0 aromatic heterocycles. The Balaban J connectivity index is 0.00000341. The van der Waals surface area contributed by atoms with Crippen molar-refractivity contribution < 1.29 is 14.6 Å². The largest absolute Gasteiger partial charge is 0.478 e. The molecule has 0 spiro atoms. The summed E-state index contributed by atoms with van der Waals surface area (Å²) in [7, 11) is 3.81. The van der Waals surface area contributed by atoms with Gasteiger partial charge in [-0.3, -0.25) is 0 Å². The number of hydrogen-bond acceptors (Lipinski definition) is 5. The van der Waals surface area contributed by atoms with Crippen LogP contribution in [0.2, 0.25) is 0 Å². The van der Waals surface area contributed by atoms with Crippen molar-refractivity contribution in [3.05, 3.63) is 65.2 Å². The van der Waals surface area contributed by atoms with Crippen molar-refractivity contribution in [1.82, 2.24) is 4.90 Å². The Bertz CT molecular complexity index is 886. The molecule has 0 atom stereocenters. The summed E-state index contributed by atoms with van der Waals surface area (Å²) in [6, 6.07) is 16.9. The van der Waals surface area contributed by atoms with E-state index in [0.717, 1.165) is 51.1 Å². The van der Waals surface area contributed by atoms with E-state index < -0.39 is 5.97 Å². The summed E-state index contributed by atoms with van der Waals surface area (Å²) in [6.45, 7) is 3.73. The molecule has 2 aromatic carbocycles. The molecule has 166 valence electrons. The fraction of sp³-hybridized carbons (Fsp3) is 0.417. The van der Waals surface area contributed by atoms with Crippen LogP contribution in [0.15, 0.2) is 48.5 Å². The summed E-state index contributed by atoms with van der Waals surface area (Å²) in [5.41, 5.74) is 3.03. The second-order valence-electron chi connectivity index (χ2n) is 8.00.